The van der Waals surface area contributed by atoms with Gasteiger partial charge in [-0.25, -0.2) is 4.79 Å². The van der Waals surface area contributed by atoms with Gasteiger partial charge in [0.05, 0.1) is 6.54 Å². The zero-order valence-electron chi connectivity index (χ0n) is 12.3. The van der Waals surface area contributed by atoms with Crippen LogP contribution in [0.3, 0.4) is 0 Å². The molecule has 1 fully saturated rings. The molecule has 0 saturated heterocycles. The molecule has 0 atom stereocenters. The molecule has 0 aliphatic heterocycles. The summed E-state index contributed by atoms with van der Waals surface area (Å²) < 4.78 is 5.24. The number of aromatic nitrogens is 1. The average molecular weight is 287 g/mol. The number of nitrogens with zero attached hydrogens (tertiary/aromatic N) is 2. The topological polar surface area (TPSA) is 58.4 Å². The third-order valence-corrected chi connectivity index (χ3v) is 4.30. The standard InChI is InChI=1S/C16H21N3O2/c1-19(12-7-3-2-4-8-12)16(20)17-11-14-13-9-5-6-10-15(13)21-18-14/h5-6,9-10,12H,2-4,7-8,11H2,1H3,(H,17,20). The number of nitrogens with one attached hydrogen (secondary N) is 1. The van der Waals surface area contributed by atoms with Crippen LogP contribution in [0.2, 0.25) is 0 Å². The Morgan fingerprint density at radius 1 is 1.33 bits per heavy atom. The van der Waals surface area contributed by atoms with E-state index in [1.807, 2.05) is 36.2 Å². The van der Waals surface area contributed by atoms with E-state index in [1.165, 1.54) is 19.3 Å². The molecule has 112 valence electrons. The molecule has 1 aliphatic carbocycles. The van der Waals surface area contributed by atoms with Crippen LogP contribution < -0.4 is 5.32 Å². The first-order valence-corrected chi connectivity index (χ1v) is 7.59. The molecule has 1 aliphatic rings. The highest BCUT2D eigenvalue weighted by atomic mass is 16.5. The fraction of sp³-hybridized carbons (Fsp3) is 0.500. The minimum absolute atomic E-state index is 0.0334. The predicted molar refractivity (Wildman–Crippen MR) is 80.9 cm³/mol. The third-order valence-electron chi connectivity index (χ3n) is 4.30. The summed E-state index contributed by atoms with van der Waals surface area (Å²) in [5, 5.41) is 7.93. The second kappa shape index (κ2) is 6.16. The van der Waals surface area contributed by atoms with Crippen LogP contribution >= 0.6 is 0 Å². The Hall–Kier alpha value is -2.04. The highest BCUT2D eigenvalue weighted by Crippen LogP contribution is 2.22. The van der Waals surface area contributed by atoms with Gasteiger partial charge in [-0.1, -0.05) is 36.6 Å². The lowest BCUT2D eigenvalue weighted by Gasteiger charge is -2.31. The highest BCUT2D eigenvalue weighted by molar-refractivity contribution is 5.80. The number of para-hydroxylation sites is 1. The van der Waals surface area contributed by atoms with E-state index in [2.05, 4.69) is 10.5 Å². The first kappa shape index (κ1) is 13.9. The van der Waals surface area contributed by atoms with Crippen LogP contribution in [0.1, 0.15) is 37.8 Å². The van der Waals surface area contributed by atoms with Crippen molar-refractivity contribution in [3.8, 4) is 0 Å². The number of carbonyl (C=O) groups is 1. The molecule has 2 amide bonds. The van der Waals surface area contributed by atoms with Gasteiger partial charge < -0.3 is 14.7 Å². The maximum atomic E-state index is 12.2. The Kier molecular flexibility index (Phi) is 4.08. The normalized spacial score (nSPS) is 16.0. The van der Waals surface area contributed by atoms with E-state index in [1.54, 1.807) is 0 Å². The molecular weight excluding hydrogens is 266 g/mol. The number of hydrogen-bond acceptors (Lipinski definition) is 3. The van der Waals surface area contributed by atoms with Crippen LogP contribution in [-0.4, -0.2) is 29.2 Å². The van der Waals surface area contributed by atoms with Crippen molar-refractivity contribution in [2.45, 2.75) is 44.7 Å². The Bertz CT molecular complexity index is 617. The molecule has 1 heterocycles. The van der Waals surface area contributed by atoms with Gasteiger partial charge in [0.1, 0.15) is 5.69 Å². The van der Waals surface area contributed by atoms with Crippen molar-refractivity contribution in [3.05, 3.63) is 30.0 Å². The SMILES string of the molecule is CN(C(=O)NCc1noc2ccccc12)C1CCCCC1. The molecule has 1 saturated carbocycles. The summed E-state index contributed by atoms with van der Waals surface area (Å²) in [5.74, 6) is 0. The Morgan fingerprint density at radius 3 is 2.90 bits per heavy atom. The lowest BCUT2D eigenvalue weighted by molar-refractivity contribution is 0.173. The molecule has 2 aromatic rings. The van der Waals surface area contributed by atoms with Gasteiger partial charge in [-0.05, 0) is 25.0 Å². The molecule has 0 unspecified atom stereocenters. The second-order valence-corrected chi connectivity index (χ2v) is 5.69. The zero-order valence-corrected chi connectivity index (χ0v) is 12.3. The number of carbonyl (C=O) groups excluding carboxylic acids is 1. The lowest BCUT2D eigenvalue weighted by atomic mass is 9.95. The van der Waals surface area contributed by atoms with Gasteiger partial charge in [0.25, 0.3) is 0 Å². The zero-order chi connectivity index (χ0) is 14.7. The summed E-state index contributed by atoms with van der Waals surface area (Å²) in [6, 6.07) is 8.02. The Morgan fingerprint density at radius 2 is 2.10 bits per heavy atom. The van der Waals surface area contributed by atoms with Gasteiger partial charge in [-0.3, -0.25) is 0 Å². The third kappa shape index (κ3) is 3.01. The Labute approximate surface area is 124 Å². The maximum absolute atomic E-state index is 12.2. The van der Waals surface area contributed by atoms with Crippen LogP contribution in [-0.2, 0) is 6.54 Å². The Balaban J connectivity index is 1.60. The second-order valence-electron chi connectivity index (χ2n) is 5.69. The van der Waals surface area contributed by atoms with Crippen LogP contribution in [0, 0.1) is 0 Å². The van der Waals surface area contributed by atoms with E-state index in [0.29, 0.717) is 12.6 Å². The number of fused-ring (bicyclic) bond motifs is 1. The van der Waals surface area contributed by atoms with E-state index in [9.17, 15) is 4.79 Å². The van der Waals surface area contributed by atoms with E-state index in [0.717, 1.165) is 29.5 Å². The fourth-order valence-electron chi connectivity index (χ4n) is 2.98. The van der Waals surface area contributed by atoms with Gasteiger partial charge >= 0.3 is 6.03 Å². The molecule has 0 spiro atoms. The van der Waals surface area contributed by atoms with Crippen LogP contribution in [0.5, 0.6) is 0 Å². The van der Waals surface area contributed by atoms with Gasteiger partial charge in [0, 0.05) is 18.5 Å². The molecule has 1 N–H and O–H groups in total. The first-order valence-electron chi connectivity index (χ1n) is 7.59. The minimum atomic E-state index is -0.0334. The molecule has 0 bridgehead atoms. The number of amides is 2. The fourth-order valence-corrected chi connectivity index (χ4v) is 2.98. The van der Waals surface area contributed by atoms with Crippen molar-refractivity contribution in [1.29, 1.82) is 0 Å². The molecule has 1 aromatic carbocycles. The van der Waals surface area contributed by atoms with Crippen LogP contribution in [0.4, 0.5) is 4.79 Å². The molecule has 3 rings (SSSR count). The summed E-state index contributed by atoms with van der Waals surface area (Å²) in [6.07, 6.45) is 5.94. The van der Waals surface area contributed by atoms with Gasteiger partial charge in [0.15, 0.2) is 5.58 Å². The average Bonchev–Trinajstić information content (AvgIpc) is 2.96. The molecule has 5 heteroatoms. The smallest absolute Gasteiger partial charge is 0.317 e. The molecular formula is C16H21N3O2. The maximum Gasteiger partial charge on any atom is 0.317 e. The summed E-state index contributed by atoms with van der Waals surface area (Å²) in [7, 11) is 1.88. The number of rotatable bonds is 3. The van der Waals surface area contributed by atoms with E-state index < -0.39 is 0 Å². The van der Waals surface area contributed by atoms with E-state index in [4.69, 9.17) is 4.52 Å². The lowest BCUT2D eigenvalue weighted by Crippen LogP contribution is -2.44. The van der Waals surface area contributed by atoms with Crippen molar-refractivity contribution < 1.29 is 9.32 Å². The van der Waals surface area contributed by atoms with E-state index >= 15 is 0 Å². The predicted octanol–water partition coefficient (Wildman–Crippen LogP) is 3.30. The first-order chi connectivity index (χ1) is 10.3. The molecule has 21 heavy (non-hydrogen) atoms. The number of benzene rings is 1. The summed E-state index contributed by atoms with van der Waals surface area (Å²) >= 11 is 0. The van der Waals surface area contributed by atoms with Gasteiger partial charge in [-0.2, -0.15) is 0 Å². The van der Waals surface area contributed by atoms with Crippen molar-refractivity contribution in [3.63, 3.8) is 0 Å². The molecule has 1 aromatic heterocycles. The number of hydrogen-bond donors (Lipinski definition) is 1. The van der Waals surface area contributed by atoms with Gasteiger partial charge in [0.2, 0.25) is 0 Å². The van der Waals surface area contributed by atoms with Gasteiger partial charge in [-0.15, -0.1) is 0 Å². The highest BCUT2D eigenvalue weighted by Gasteiger charge is 2.22. The minimum Gasteiger partial charge on any atom is -0.356 e. The van der Waals surface area contributed by atoms with Crippen molar-refractivity contribution in [1.82, 2.24) is 15.4 Å². The quantitative estimate of drug-likeness (QED) is 0.942. The molecule has 5 nitrogen and oxygen atoms in total. The van der Waals surface area contributed by atoms with Crippen LogP contribution in [0.15, 0.2) is 28.8 Å². The van der Waals surface area contributed by atoms with E-state index in [-0.39, 0.29) is 6.03 Å². The molecule has 0 radical (unpaired) electrons. The summed E-state index contributed by atoms with van der Waals surface area (Å²) in [5.41, 5.74) is 1.53. The summed E-state index contributed by atoms with van der Waals surface area (Å²) in [4.78, 5) is 14.1. The summed E-state index contributed by atoms with van der Waals surface area (Å²) in [6.45, 7) is 0.396. The van der Waals surface area contributed by atoms with Crippen molar-refractivity contribution in [2.75, 3.05) is 7.05 Å². The van der Waals surface area contributed by atoms with Crippen molar-refractivity contribution >= 4 is 17.0 Å². The van der Waals surface area contributed by atoms with Crippen LogP contribution in [0.25, 0.3) is 11.0 Å². The number of urea groups is 1. The monoisotopic (exact) mass is 287 g/mol. The van der Waals surface area contributed by atoms with Crippen molar-refractivity contribution in [2.24, 2.45) is 0 Å². The largest absolute Gasteiger partial charge is 0.356 e.